The summed E-state index contributed by atoms with van der Waals surface area (Å²) in [6, 6.07) is 22.4. The highest BCUT2D eigenvalue weighted by molar-refractivity contribution is 7.92. The summed E-state index contributed by atoms with van der Waals surface area (Å²) in [7, 11) is -2.39. The van der Waals surface area contributed by atoms with Crippen LogP contribution in [0, 0.1) is 5.82 Å². The number of halogens is 1. The lowest BCUT2D eigenvalue weighted by Crippen LogP contribution is -2.52. The molecular weight excluding hydrogens is 469 g/mol. The zero-order valence-electron chi connectivity index (χ0n) is 19.6. The van der Waals surface area contributed by atoms with E-state index in [0.29, 0.717) is 0 Å². The quantitative estimate of drug-likeness (QED) is 0.467. The zero-order valence-corrected chi connectivity index (χ0v) is 20.4. The molecule has 0 aliphatic rings. The van der Waals surface area contributed by atoms with Crippen LogP contribution in [0.4, 0.5) is 10.1 Å². The van der Waals surface area contributed by atoms with Crippen molar-refractivity contribution in [2.45, 2.75) is 19.0 Å². The van der Waals surface area contributed by atoms with E-state index in [9.17, 15) is 22.4 Å². The van der Waals surface area contributed by atoms with Crippen LogP contribution in [-0.4, -0.2) is 51.0 Å². The summed E-state index contributed by atoms with van der Waals surface area (Å²) in [4.78, 5) is 28.0. The SMILES string of the molecule is CNC(=O)[C@@H](Cc1ccccc1)N(Cc1ccccc1)C(=O)CN(c1ccc(F)cc1)S(C)(=O)=O. The van der Waals surface area contributed by atoms with E-state index >= 15 is 0 Å². The monoisotopic (exact) mass is 497 g/mol. The number of hydrogen-bond donors (Lipinski definition) is 1. The van der Waals surface area contributed by atoms with Crippen molar-refractivity contribution in [3.8, 4) is 0 Å². The van der Waals surface area contributed by atoms with E-state index in [1.807, 2.05) is 60.7 Å². The van der Waals surface area contributed by atoms with Crippen LogP contribution in [0.5, 0.6) is 0 Å². The van der Waals surface area contributed by atoms with Crippen molar-refractivity contribution in [2.24, 2.45) is 0 Å². The van der Waals surface area contributed by atoms with E-state index in [-0.39, 0.29) is 24.6 Å². The highest BCUT2D eigenvalue weighted by atomic mass is 32.2. The van der Waals surface area contributed by atoms with Gasteiger partial charge in [-0.15, -0.1) is 0 Å². The van der Waals surface area contributed by atoms with Gasteiger partial charge in [-0.1, -0.05) is 60.7 Å². The predicted octanol–water partition coefficient (Wildman–Crippen LogP) is 2.98. The number of sulfonamides is 1. The van der Waals surface area contributed by atoms with Crippen LogP contribution in [0.25, 0.3) is 0 Å². The van der Waals surface area contributed by atoms with Crippen LogP contribution >= 0.6 is 0 Å². The minimum Gasteiger partial charge on any atom is -0.357 e. The van der Waals surface area contributed by atoms with Gasteiger partial charge in [0.2, 0.25) is 21.8 Å². The number of rotatable bonds is 10. The number of nitrogens with zero attached hydrogens (tertiary/aromatic N) is 2. The van der Waals surface area contributed by atoms with Crippen LogP contribution in [0.2, 0.25) is 0 Å². The Balaban J connectivity index is 1.99. The van der Waals surface area contributed by atoms with Crippen molar-refractivity contribution in [1.29, 1.82) is 0 Å². The van der Waals surface area contributed by atoms with Gasteiger partial charge in [-0.25, -0.2) is 12.8 Å². The molecule has 0 heterocycles. The molecule has 1 atom stereocenters. The number of anilines is 1. The Morgan fingerprint density at radius 3 is 1.94 bits per heavy atom. The third kappa shape index (κ3) is 7.13. The number of nitrogens with one attached hydrogen (secondary N) is 1. The maximum absolute atomic E-state index is 13.7. The molecule has 3 rings (SSSR count). The van der Waals surface area contributed by atoms with Gasteiger partial charge in [-0.05, 0) is 35.4 Å². The summed E-state index contributed by atoms with van der Waals surface area (Å²) in [5.41, 5.74) is 1.79. The maximum atomic E-state index is 13.7. The molecule has 0 aliphatic carbocycles. The largest absolute Gasteiger partial charge is 0.357 e. The van der Waals surface area contributed by atoms with Crippen molar-refractivity contribution in [3.63, 3.8) is 0 Å². The van der Waals surface area contributed by atoms with E-state index < -0.39 is 34.3 Å². The van der Waals surface area contributed by atoms with Gasteiger partial charge in [-0.2, -0.15) is 0 Å². The first kappa shape index (κ1) is 25.9. The van der Waals surface area contributed by atoms with Crippen molar-refractivity contribution < 1.29 is 22.4 Å². The molecule has 1 N–H and O–H groups in total. The average Bonchev–Trinajstić information content (AvgIpc) is 2.85. The van der Waals surface area contributed by atoms with Gasteiger partial charge >= 0.3 is 0 Å². The molecule has 0 spiro atoms. The minimum atomic E-state index is -3.88. The molecule has 35 heavy (non-hydrogen) atoms. The number of likely N-dealkylation sites (N-methyl/N-ethyl adjacent to an activating group) is 1. The second-order valence-corrected chi connectivity index (χ2v) is 9.98. The molecule has 0 aromatic heterocycles. The fraction of sp³-hybridized carbons (Fsp3) is 0.231. The van der Waals surface area contributed by atoms with E-state index in [1.54, 1.807) is 0 Å². The molecule has 0 saturated carbocycles. The van der Waals surface area contributed by atoms with Gasteiger partial charge in [0.15, 0.2) is 0 Å². The van der Waals surface area contributed by atoms with Gasteiger partial charge in [-0.3, -0.25) is 13.9 Å². The standard InChI is InChI=1S/C26H28FN3O4S/c1-28-26(32)24(17-20-9-5-3-6-10-20)29(18-21-11-7-4-8-12-21)25(31)19-30(35(2,33)34)23-15-13-22(27)14-16-23/h3-16,24H,17-19H2,1-2H3,(H,28,32)/t24-/m1/s1. The van der Waals surface area contributed by atoms with Crippen LogP contribution in [0.3, 0.4) is 0 Å². The van der Waals surface area contributed by atoms with Crippen LogP contribution < -0.4 is 9.62 Å². The summed E-state index contributed by atoms with van der Waals surface area (Å²) >= 11 is 0. The van der Waals surface area contributed by atoms with E-state index in [4.69, 9.17) is 0 Å². The van der Waals surface area contributed by atoms with Crippen LogP contribution in [-0.2, 0) is 32.6 Å². The first-order chi connectivity index (χ1) is 16.7. The molecule has 184 valence electrons. The second-order valence-electron chi connectivity index (χ2n) is 8.07. The number of carbonyl (C=O) groups excluding carboxylic acids is 2. The van der Waals surface area contributed by atoms with E-state index in [0.717, 1.165) is 33.8 Å². The first-order valence-electron chi connectivity index (χ1n) is 11.0. The Bertz CT molecular complexity index is 1240. The molecule has 0 aliphatic heterocycles. The van der Waals surface area contributed by atoms with E-state index in [1.165, 1.54) is 24.1 Å². The third-order valence-corrected chi connectivity index (χ3v) is 6.65. The predicted molar refractivity (Wildman–Crippen MR) is 134 cm³/mol. The van der Waals surface area contributed by atoms with Crippen molar-refractivity contribution in [3.05, 3.63) is 102 Å². The Morgan fingerprint density at radius 1 is 0.886 bits per heavy atom. The summed E-state index contributed by atoms with van der Waals surface area (Å²) in [5, 5.41) is 2.62. The summed E-state index contributed by atoms with van der Waals surface area (Å²) in [6.07, 6.45) is 1.22. The third-order valence-electron chi connectivity index (χ3n) is 5.51. The number of hydrogen-bond acceptors (Lipinski definition) is 4. The van der Waals surface area contributed by atoms with Gasteiger partial charge in [0.25, 0.3) is 0 Å². The lowest BCUT2D eigenvalue weighted by Gasteiger charge is -2.33. The molecule has 2 amide bonds. The molecule has 0 radical (unpaired) electrons. The van der Waals surface area contributed by atoms with Gasteiger partial charge in [0.05, 0.1) is 11.9 Å². The smallest absolute Gasteiger partial charge is 0.244 e. The highest BCUT2D eigenvalue weighted by Crippen LogP contribution is 2.20. The molecule has 0 bridgehead atoms. The van der Waals surface area contributed by atoms with Gasteiger partial charge in [0, 0.05) is 20.0 Å². The molecule has 9 heteroatoms. The fourth-order valence-electron chi connectivity index (χ4n) is 3.72. The zero-order chi connectivity index (χ0) is 25.4. The summed E-state index contributed by atoms with van der Waals surface area (Å²) < 4.78 is 39.5. The Hall–Kier alpha value is -3.72. The summed E-state index contributed by atoms with van der Waals surface area (Å²) in [6.45, 7) is -0.439. The Kier molecular flexibility index (Phi) is 8.59. The molecule has 3 aromatic carbocycles. The van der Waals surface area contributed by atoms with Gasteiger partial charge in [0.1, 0.15) is 18.4 Å². The number of benzene rings is 3. The van der Waals surface area contributed by atoms with Crippen molar-refractivity contribution in [2.75, 3.05) is 24.2 Å². The maximum Gasteiger partial charge on any atom is 0.244 e. The lowest BCUT2D eigenvalue weighted by atomic mass is 10.0. The lowest BCUT2D eigenvalue weighted by molar-refractivity contribution is -0.139. The molecule has 7 nitrogen and oxygen atoms in total. The van der Waals surface area contributed by atoms with Crippen LogP contribution in [0.15, 0.2) is 84.9 Å². The minimum absolute atomic E-state index is 0.103. The second kappa shape index (κ2) is 11.6. The molecule has 0 fully saturated rings. The highest BCUT2D eigenvalue weighted by Gasteiger charge is 2.32. The van der Waals surface area contributed by atoms with Gasteiger partial charge < -0.3 is 10.2 Å². The molecular formula is C26H28FN3O4S. The fourth-order valence-corrected chi connectivity index (χ4v) is 4.57. The molecule has 3 aromatic rings. The Labute approximate surface area is 205 Å². The van der Waals surface area contributed by atoms with E-state index in [2.05, 4.69) is 5.32 Å². The average molecular weight is 498 g/mol. The molecule has 0 saturated heterocycles. The van der Waals surface area contributed by atoms with Crippen LogP contribution in [0.1, 0.15) is 11.1 Å². The topological polar surface area (TPSA) is 86.8 Å². The summed E-state index contributed by atoms with van der Waals surface area (Å²) in [5.74, 6) is -1.46. The number of carbonyl (C=O) groups is 2. The molecule has 0 unspecified atom stereocenters. The number of amides is 2. The normalized spacial score (nSPS) is 12.0. The van der Waals surface area contributed by atoms with Crippen molar-refractivity contribution >= 4 is 27.5 Å². The van der Waals surface area contributed by atoms with Crippen molar-refractivity contribution in [1.82, 2.24) is 10.2 Å². The Morgan fingerprint density at radius 2 is 1.43 bits per heavy atom. The first-order valence-corrected chi connectivity index (χ1v) is 12.9.